The monoisotopic (exact) mass is 315 g/mol. The highest BCUT2D eigenvalue weighted by Gasteiger charge is 2.11. The molecule has 0 unspecified atom stereocenters. The fourth-order valence-corrected chi connectivity index (χ4v) is 2.06. The fourth-order valence-electron chi connectivity index (χ4n) is 1.60. The van der Waals surface area contributed by atoms with Crippen molar-refractivity contribution in [2.75, 3.05) is 11.1 Å². The number of hydrogen-bond acceptors (Lipinski definition) is 3. The van der Waals surface area contributed by atoms with Gasteiger partial charge < -0.3 is 11.1 Å². The Kier molecular flexibility index (Phi) is 3.83. The molecule has 0 aromatic heterocycles. The molecule has 0 bridgehead atoms. The van der Waals surface area contributed by atoms with Gasteiger partial charge in [-0.1, -0.05) is 12.1 Å². The van der Waals surface area contributed by atoms with E-state index in [0.29, 0.717) is 27.0 Å². The molecule has 2 aromatic carbocycles. The summed E-state index contributed by atoms with van der Waals surface area (Å²) in [5, 5.41) is 11.7. The van der Waals surface area contributed by atoms with Crippen LogP contribution in [0.2, 0.25) is 0 Å². The van der Waals surface area contributed by atoms with Crippen molar-refractivity contribution in [3.05, 3.63) is 58.1 Å². The van der Waals surface area contributed by atoms with Gasteiger partial charge in [-0.3, -0.25) is 4.79 Å². The van der Waals surface area contributed by atoms with Crippen LogP contribution in [0.25, 0.3) is 0 Å². The van der Waals surface area contributed by atoms with Gasteiger partial charge in [-0.15, -0.1) is 0 Å². The maximum atomic E-state index is 12.1. The Morgan fingerprint density at radius 1 is 1.26 bits per heavy atom. The number of rotatable bonds is 2. The molecule has 0 atom stereocenters. The Labute approximate surface area is 119 Å². The first kappa shape index (κ1) is 13.1. The number of halogens is 1. The number of nitrogens with zero attached hydrogens (tertiary/aromatic N) is 1. The van der Waals surface area contributed by atoms with E-state index in [2.05, 4.69) is 21.2 Å². The van der Waals surface area contributed by atoms with Crippen molar-refractivity contribution >= 4 is 33.2 Å². The number of nitrogen functional groups attached to an aromatic ring is 1. The average Bonchev–Trinajstić information content (AvgIpc) is 2.41. The van der Waals surface area contributed by atoms with Crippen molar-refractivity contribution in [2.24, 2.45) is 0 Å². The number of nitrogens with one attached hydrogen (secondary N) is 1. The minimum absolute atomic E-state index is 0.284. The van der Waals surface area contributed by atoms with Crippen LogP contribution >= 0.6 is 15.9 Å². The third-order valence-electron chi connectivity index (χ3n) is 2.53. The molecule has 0 fully saturated rings. The van der Waals surface area contributed by atoms with Gasteiger partial charge in [-0.2, -0.15) is 5.26 Å². The number of benzene rings is 2. The van der Waals surface area contributed by atoms with Crippen LogP contribution in [-0.4, -0.2) is 5.91 Å². The van der Waals surface area contributed by atoms with Gasteiger partial charge in [0.25, 0.3) is 5.91 Å². The van der Waals surface area contributed by atoms with Crippen molar-refractivity contribution in [3.63, 3.8) is 0 Å². The van der Waals surface area contributed by atoms with E-state index in [1.54, 1.807) is 30.3 Å². The highest BCUT2D eigenvalue weighted by molar-refractivity contribution is 9.10. The van der Waals surface area contributed by atoms with Crippen LogP contribution in [0.15, 0.2) is 46.9 Å². The molecule has 0 radical (unpaired) electrons. The lowest BCUT2D eigenvalue weighted by atomic mass is 10.1. The van der Waals surface area contributed by atoms with E-state index in [1.165, 1.54) is 6.07 Å². The number of amides is 1. The summed E-state index contributed by atoms with van der Waals surface area (Å²) in [4.78, 5) is 12.1. The number of anilines is 2. The minimum atomic E-state index is -0.284. The predicted octanol–water partition coefficient (Wildman–Crippen LogP) is 3.16. The lowest BCUT2D eigenvalue weighted by Gasteiger charge is -2.08. The van der Waals surface area contributed by atoms with Gasteiger partial charge in [0.15, 0.2) is 0 Å². The summed E-state index contributed by atoms with van der Waals surface area (Å²) in [5.74, 6) is -0.284. The molecule has 0 saturated carbocycles. The molecule has 0 aliphatic carbocycles. The largest absolute Gasteiger partial charge is 0.399 e. The Hall–Kier alpha value is -2.32. The van der Waals surface area contributed by atoms with Gasteiger partial charge in [0.05, 0.1) is 16.8 Å². The van der Waals surface area contributed by atoms with Crippen LogP contribution in [0, 0.1) is 11.3 Å². The second kappa shape index (κ2) is 5.55. The molecule has 19 heavy (non-hydrogen) atoms. The van der Waals surface area contributed by atoms with Crippen LogP contribution in [0.1, 0.15) is 15.9 Å². The summed E-state index contributed by atoms with van der Waals surface area (Å²) in [6.07, 6.45) is 0. The molecular weight excluding hydrogens is 306 g/mol. The first-order valence-electron chi connectivity index (χ1n) is 5.47. The SMILES string of the molecule is N#Cc1cc(N)ccc1NC(=O)c1ccccc1Br. The summed E-state index contributed by atoms with van der Waals surface area (Å²) in [6, 6.07) is 13.8. The molecule has 3 N–H and O–H groups in total. The predicted molar refractivity (Wildman–Crippen MR) is 77.7 cm³/mol. The maximum Gasteiger partial charge on any atom is 0.256 e. The Bertz CT molecular complexity index is 677. The van der Waals surface area contributed by atoms with E-state index in [9.17, 15) is 4.79 Å². The lowest BCUT2D eigenvalue weighted by Crippen LogP contribution is -2.13. The van der Waals surface area contributed by atoms with Crippen LogP contribution < -0.4 is 11.1 Å². The van der Waals surface area contributed by atoms with E-state index < -0.39 is 0 Å². The first-order chi connectivity index (χ1) is 9.11. The first-order valence-corrected chi connectivity index (χ1v) is 6.26. The van der Waals surface area contributed by atoms with Crippen molar-refractivity contribution < 1.29 is 4.79 Å². The van der Waals surface area contributed by atoms with Gasteiger partial charge in [-0.25, -0.2) is 0 Å². The van der Waals surface area contributed by atoms with Crippen molar-refractivity contribution in [1.29, 1.82) is 5.26 Å². The number of carbonyl (C=O) groups is 1. The highest BCUT2D eigenvalue weighted by Crippen LogP contribution is 2.21. The summed E-state index contributed by atoms with van der Waals surface area (Å²) >= 11 is 3.31. The molecule has 0 heterocycles. The number of carbonyl (C=O) groups excluding carboxylic acids is 1. The Morgan fingerprint density at radius 2 is 2.00 bits per heavy atom. The van der Waals surface area contributed by atoms with E-state index in [-0.39, 0.29) is 5.91 Å². The van der Waals surface area contributed by atoms with Crippen molar-refractivity contribution in [2.45, 2.75) is 0 Å². The molecule has 2 rings (SSSR count). The van der Waals surface area contributed by atoms with Gasteiger partial charge >= 0.3 is 0 Å². The molecule has 0 aliphatic rings. The van der Waals surface area contributed by atoms with Gasteiger partial charge in [0.2, 0.25) is 0 Å². The normalized spacial score (nSPS) is 9.68. The van der Waals surface area contributed by atoms with E-state index in [4.69, 9.17) is 11.0 Å². The minimum Gasteiger partial charge on any atom is -0.399 e. The fraction of sp³-hybridized carbons (Fsp3) is 0. The van der Waals surface area contributed by atoms with E-state index in [1.807, 2.05) is 12.1 Å². The zero-order valence-corrected chi connectivity index (χ0v) is 11.4. The number of hydrogen-bond donors (Lipinski definition) is 2. The number of nitriles is 1. The summed E-state index contributed by atoms with van der Waals surface area (Å²) in [7, 11) is 0. The van der Waals surface area contributed by atoms with E-state index >= 15 is 0 Å². The molecule has 94 valence electrons. The molecule has 0 saturated heterocycles. The Balaban J connectivity index is 2.30. The molecule has 1 amide bonds. The molecular formula is C14H10BrN3O. The molecule has 0 spiro atoms. The maximum absolute atomic E-state index is 12.1. The van der Waals surface area contributed by atoms with Crippen LogP contribution in [0.4, 0.5) is 11.4 Å². The smallest absolute Gasteiger partial charge is 0.256 e. The summed E-state index contributed by atoms with van der Waals surface area (Å²) in [6.45, 7) is 0. The van der Waals surface area contributed by atoms with Crippen molar-refractivity contribution in [3.8, 4) is 6.07 Å². The van der Waals surface area contributed by atoms with Crippen LogP contribution in [0.5, 0.6) is 0 Å². The third kappa shape index (κ3) is 2.92. The van der Waals surface area contributed by atoms with Crippen LogP contribution in [0.3, 0.4) is 0 Å². The average molecular weight is 316 g/mol. The van der Waals surface area contributed by atoms with Gasteiger partial charge in [0.1, 0.15) is 6.07 Å². The van der Waals surface area contributed by atoms with Gasteiger partial charge in [0, 0.05) is 10.2 Å². The second-order valence-electron chi connectivity index (χ2n) is 3.85. The zero-order chi connectivity index (χ0) is 13.8. The quantitative estimate of drug-likeness (QED) is 0.835. The molecule has 0 aliphatic heterocycles. The van der Waals surface area contributed by atoms with Crippen LogP contribution in [-0.2, 0) is 0 Å². The third-order valence-corrected chi connectivity index (χ3v) is 3.22. The van der Waals surface area contributed by atoms with E-state index in [0.717, 1.165) is 0 Å². The zero-order valence-electron chi connectivity index (χ0n) is 9.85. The Morgan fingerprint density at radius 3 is 2.68 bits per heavy atom. The standard InChI is InChI=1S/C14H10BrN3O/c15-12-4-2-1-3-11(12)14(19)18-13-6-5-10(17)7-9(13)8-16/h1-7H,17H2,(H,18,19). The lowest BCUT2D eigenvalue weighted by molar-refractivity contribution is 0.102. The molecule has 5 heteroatoms. The molecule has 2 aromatic rings. The highest BCUT2D eigenvalue weighted by atomic mass is 79.9. The summed E-state index contributed by atoms with van der Waals surface area (Å²) in [5.41, 5.74) is 7.36. The number of nitrogens with two attached hydrogens (primary N) is 1. The second-order valence-corrected chi connectivity index (χ2v) is 4.71. The molecule has 4 nitrogen and oxygen atoms in total. The topological polar surface area (TPSA) is 78.9 Å². The summed E-state index contributed by atoms with van der Waals surface area (Å²) < 4.78 is 0.696. The van der Waals surface area contributed by atoms with Gasteiger partial charge in [-0.05, 0) is 46.3 Å². The van der Waals surface area contributed by atoms with Crippen molar-refractivity contribution in [1.82, 2.24) is 0 Å².